The van der Waals surface area contributed by atoms with Crippen molar-refractivity contribution < 1.29 is 0 Å². The van der Waals surface area contributed by atoms with Crippen molar-refractivity contribution in [3.05, 3.63) is 0 Å². The molecule has 1 aliphatic carbocycles. The van der Waals surface area contributed by atoms with Crippen LogP contribution >= 0.6 is 11.8 Å². The summed E-state index contributed by atoms with van der Waals surface area (Å²) >= 11 is 2.10. The highest BCUT2D eigenvalue weighted by atomic mass is 32.2. The van der Waals surface area contributed by atoms with Gasteiger partial charge in [-0.1, -0.05) is 20.8 Å². The Balaban J connectivity index is 1.80. The van der Waals surface area contributed by atoms with E-state index in [0.29, 0.717) is 5.41 Å². The molecule has 0 aromatic carbocycles. The van der Waals surface area contributed by atoms with Crippen molar-refractivity contribution in [1.82, 2.24) is 5.32 Å². The monoisotopic (exact) mass is 185 g/mol. The summed E-state index contributed by atoms with van der Waals surface area (Å²) in [5, 5.41) is 3.77. The molecule has 1 aliphatic heterocycles. The van der Waals surface area contributed by atoms with E-state index in [4.69, 9.17) is 0 Å². The van der Waals surface area contributed by atoms with Crippen molar-refractivity contribution in [2.24, 2.45) is 11.3 Å². The number of hydrogen-bond acceptors (Lipinski definition) is 2. The first kappa shape index (κ1) is 8.89. The Bertz CT molecular complexity index is 179. The highest BCUT2D eigenvalue weighted by Gasteiger charge is 2.47. The van der Waals surface area contributed by atoms with E-state index >= 15 is 0 Å². The van der Waals surface area contributed by atoms with Gasteiger partial charge in [0.1, 0.15) is 0 Å². The third-order valence-electron chi connectivity index (χ3n) is 3.29. The molecule has 0 radical (unpaired) electrons. The lowest BCUT2D eigenvalue weighted by molar-refractivity contribution is 0.420. The topological polar surface area (TPSA) is 12.0 Å². The second kappa shape index (κ2) is 2.91. The minimum atomic E-state index is 0.590. The zero-order valence-corrected chi connectivity index (χ0v) is 9.08. The number of thioether (sulfide) groups is 1. The van der Waals surface area contributed by atoms with Crippen LogP contribution in [0.15, 0.2) is 0 Å². The Kier molecular flexibility index (Phi) is 2.16. The Morgan fingerprint density at radius 1 is 1.33 bits per heavy atom. The highest BCUT2D eigenvalue weighted by molar-refractivity contribution is 7.99. The maximum Gasteiger partial charge on any atom is 0.0194 e. The number of nitrogens with one attached hydrogen (secondary N) is 1. The molecule has 0 aromatic heterocycles. The molecule has 0 bridgehead atoms. The maximum atomic E-state index is 3.77. The van der Waals surface area contributed by atoms with E-state index in [2.05, 4.69) is 37.8 Å². The molecule has 1 heterocycles. The quantitative estimate of drug-likeness (QED) is 0.707. The lowest BCUT2D eigenvalue weighted by atomic mass is 10.1. The van der Waals surface area contributed by atoms with Gasteiger partial charge in [0.2, 0.25) is 0 Å². The summed E-state index contributed by atoms with van der Waals surface area (Å²) in [7, 11) is 0. The SMILES string of the molecule is CC1CSCC1NC1CC1(C)C. The van der Waals surface area contributed by atoms with Gasteiger partial charge in [0.05, 0.1) is 0 Å². The van der Waals surface area contributed by atoms with Gasteiger partial charge in [-0.3, -0.25) is 0 Å². The van der Waals surface area contributed by atoms with Crippen LogP contribution in [0.5, 0.6) is 0 Å². The largest absolute Gasteiger partial charge is 0.310 e. The lowest BCUT2D eigenvalue weighted by Crippen LogP contribution is -2.37. The van der Waals surface area contributed by atoms with Gasteiger partial charge in [0.15, 0.2) is 0 Å². The summed E-state index contributed by atoms with van der Waals surface area (Å²) in [5.74, 6) is 3.56. The molecule has 2 fully saturated rings. The molecule has 2 aliphatic rings. The number of rotatable bonds is 2. The Labute approximate surface area is 79.7 Å². The van der Waals surface area contributed by atoms with Gasteiger partial charge < -0.3 is 5.32 Å². The van der Waals surface area contributed by atoms with Crippen LogP contribution in [0.4, 0.5) is 0 Å². The zero-order chi connectivity index (χ0) is 8.77. The van der Waals surface area contributed by atoms with Gasteiger partial charge in [-0.25, -0.2) is 0 Å². The molecule has 12 heavy (non-hydrogen) atoms. The van der Waals surface area contributed by atoms with Gasteiger partial charge in [0.25, 0.3) is 0 Å². The van der Waals surface area contributed by atoms with Gasteiger partial charge in [-0.05, 0) is 23.5 Å². The summed E-state index contributed by atoms with van der Waals surface area (Å²) in [6.07, 6.45) is 1.38. The molecule has 1 nitrogen and oxygen atoms in total. The van der Waals surface area contributed by atoms with Crippen molar-refractivity contribution in [3.8, 4) is 0 Å². The molecule has 1 N–H and O–H groups in total. The first-order chi connectivity index (χ1) is 5.59. The van der Waals surface area contributed by atoms with Crippen LogP contribution in [0.2, 0.25) is 0 Å². The summed E-state index contributed by atoms with van der Waals surface area (Å²) in [5.41, 5.74) is 0.590. The van der Waals surface area contributed by atoms with E-state index in [1.165, 1.54) is 17.9 Å². The van der Waals surface area contributed by atoms with Crippen LogP contribution in [-0.2, 0) is 0 Å². The van der Waals surface area contributed by atoms with Crippen LogP contribution in [0.3, 0.4) is 0 Å². The summed E-state index contributed by atoms with van der Waals surface area (Å²) in [6.45, 7) is 7.09. The van der Waals surface area contributed by atoms with Crippen LogP contribution in [0, 0.1) is 11.3 Å². The fourth-order valence-electron chi connectivity index (χ4n) is 1.88. The Hall–Kier alpha value is 0.310. The first-order valence-electron chi connectivity index (χ1n) is 4.93. The summed E-state index contributed by atoms with van der Waals surface area (Å²) in [6, 6.07) is 1.60. The van der Waals surface area contributed by atoms with Crippen molar-refractivity contribution in [2.45, 2.75) is 39.3 Å². The van der Waals surface area contributed by atoms with Crippen molar-refractivity contribution in [1.29, 1.82) is 0 Å². The average molecular weight is 185 g/mol. The molecule has 2 rings (SSSR count). The second-order valence-corrected chi connectivity index (χ2v) is 6.11. The van der Waals surface area contributed by atoms with Crippen LogP contribution in [-0.4, -0.2) is 23.6 Å². The normalized spacial score (nSPS) is 44.8. The third kappa shape index (κ3) is 1.64. The van der Waals surface area contributed by atoms with Crippen LogP contribution in [0.25, 0.3) is 0 Å². The van der Waals surface area contributed by atoms with Gasteiger partial charge in [-0.2, -0.15) is 11.8 Å². The highest BCUT2D eigenvalue weighted by Crippen LogP contribution is 2.45. The summed E-state index contributed by atoms with van der Waals surface area (Å²) in [4.78, 5) is 0. The minimum absolute atomic E-state index is 0.590. The second-order valence-electron chi connectivity index (χ2n) is 5.03. The molecular formula is C10H19NS. The smallest absolute Gasteiger partial charge is 0.0194 e. The van der Waals surface area contributed by atoms with E-state index in [1.54, 1.807) is 0 Å². The standard InChI is InChI=1S/C10H19NS/c1-7-5-12-6-8(7)11-9-4-10(9,2)3/h7-9,11H,4-6H2,1-3H3. The molecule has 0 aromatic rings. The van der Waals surface area contributed by atoms with E-state index in [1.807, 2.05) is 0 Å². The van der Waals surface area contributed by atoms with Gasteiger partial charge >= 0.3 is 0 Å². The summed E-state index contributed by atoms with van der Waals surface area (Å²) < 4.78 is 0. The van der Waals surface area contributed by atoms with Crippen molar-refractivity contribution in [3.63, 3.8) is 0 Å². The maximum absolute atomic E-state index is 3.77. The van der Waals surface area contributed by atoms with Crippen LogP contribution < -0.4 is 5.32 Å². The van der Waals surface area contributed by atoms with E-state index < -0.39 is 0 Å². The fraction of sp³-hybridized carbons (Fsp3) is 1.00. The molecule has 3 unspecified atom stereocenters. The minimum Gasteiger partial charge on any atom is -0.310 e. The fourth-order valence-corrected chi connectivity index (χ4v) is 3.30. The van der Waals surface area contributed by atoms with Gasteiger partial charge in [0, 0.05) is 17.8 Å². The van der Waals surface area contributed by atoms with Crippen molar-refractivity contribution >= 4 is 11.8 Å². The molecule has 2 heteroatoms. The number of hydrogen-bond donors (Lipinski definition) is 1. The molecule has 1 saturated carbocycles. The molecule has 70 valence electrons. The van der Waals surface area contributed by atoms with Gasteiger partial charge in [-0.15, -0.1) is 0 Å². The Morgan fingerprint density at radius 3 is 2.42 bits per heavy atom. The average Bonchev–Trinajstić information content (AvgIpc) is 2.39. The van der Waals surface area contributed by atoms with E-state index in [-0.39, 0.29) is 0 Å². The first-order valence-corrected chi connectivity index (χ1v) is 6.09. The molecule has 3 atom stereocenters. The predicted octanol–water partition coefficient (Wildman–Crippen LogP) is 2.13. The predicted molar refractivity (Wildman–Crippen MR) is 55.6 cm³/mol. The van der Waals surface area contributed by atoms with Crippen molar-refractivity contribution in [2.75, 3.05) is 11.5 Å². The third-order valence-corrected chi connectivity index (χ3v) is 4.65. The lowest BCUT2D eigenvalue weighted by Gasteiger charge is -2.17. The molecule has 0 amide bonds. The molecule has 0 spiro atoms. The zero-order valence-electron chi connectivity index (χ0n) is 8.26. The molecular weight excluding hydrogens is 166 g/mol. The molecule has 1 saturated heterocycles. The van der Waals surface area contributed by atoms with Crippen LogP contribution in [0.1, 0.15) is 27.2 Å². The Morgan fingerprint density at radius 2 is 2.00 bits per heavy atom. The van der Waals surface area contributed by atoms with E-state index in [0.717, 1.165) is 18.0 Å². The van der Waals surface area contributed by atoms with E-state index in [9.17, 15) is 0 Å².